The molecule has 2 atom stereocenters. The molecule has 0 radical (unpaired) electrons. The average molecular weight is 271 g/mol. The highest BCUT2D eigenvalue weighted by atomic mass is 16.1. The van der Waals surface area contributed by atoms with Crippen LogP contribution in [0.2, 0.25) is 0 Å². The molecule has 1 saturated carbocycles. The maximum Gasteiger partial charge on any atom is 0.219 e. The number of Topliss-reactive ketones (excluding diaryl/α,β-unsaturated/α-hetero) is 2. The third kappa shape index (κ3) is 3.52. The van der Waals surface area contributed by atoms with Crippen molar-refractivity contribution in [2.24, 2.45) is 17.3 Å². The first-order chi connectivity index (χ1) is 9.38. The Morgan fingerprint density at radius 2 is 2.15 bits per heavy atom. The SMILES string of the molecule is CC(C)(C)C1CCC(=O)C(CC(=O)C2=CC=C[C+]=C2)C1. The van der Waals surface area contributed by atoms with E-state index in [-0.39, 0.29) is 22.9 Å². The van der Waals surface area contributed by atoms with Gasteiger partial charge in [0.05, 0.1) is 6.08 Å². The number of hydrogen-bond acceptors (Lipinski definition) is 2. The van der Waals surface area contributed by atoms with E-state index in [0.717, 1.165) is 12.8 Å². The van der Waals surface area contributed by atoms with Crippen LogP contribution >= 0.6 is 0 Å². The number of rotatable bonds is 3. The maximum absolute atomic E-state index is 12.2. The predicted octanol–water partition coefficient (Wildman–Crippen LogP) is 3.83. The second kappa shape index (κ2) is 5.85. The molecule has 0 aromatic rings. The first kappa shape index (κ1) is 14.9. The maximum atomic E-state index is 12.2. The number of hydrogen-bond donors (Lipinski definition) is 0. The Kier molecular flexibility index (Phi) is 4.35. The molecule has 0 aromatic heterocycles. The molecular weight excluding hydrogens is 248 g/mol. The van der Waals surface area contributed by atoms with E-state index in [9.17, 15) is 9.59 Å². The van der Waals surface area contributed by atoms with Crippen molar-refractivity contribution in [3.05, 3.63) is 36.0 Å². The summed E-state index contributed by atoms with van der Waals surface area (Å²) in [6.45, 7) is 6.66. The van der Waals surface area contributed by atoms with Crippen LogP contribution in [0, 0.1) is 23.3 Å². The van der Waals surface area contributed by atoms with Gasteiger partial charge in [-0.15, -0.1) is 0 Å². The zero-order valence-electron chi connectivity index (χ0n) is 12.6. The summed E-state index contributed by atoms with van der Waals surface area (Å²) in [5.41, 5.74) is 0.876. The normalized spacial score (nSPS) is 26.1. The lowest BCUT2D eigenvalue weighted by Gasteiger charge is -2.36. The van der Waals surface area contributed by atoms with E-state index >= 15 is 0 Å². The monoisotopic (exact) mass is 271 g/mol. The molecule has 0 spiro atoms. The van der Waals surface area contributed by atoms with Crippen molar-refractivity contribution in [1.82, 2.24) is 0 Å². The summed E-state index contributed by atoms with van der Waals surface area (Å²) in [5, 5.41) is 0. The van der Waals surface area contributed by atoms with Crippen molar-refractivity contribution in [3.63, 3.8) is 0 Å². The highest BCUT2D eigenvalue weighted by molar-refractivity contribution is 6.01. The van der Waals surface area contributed by atoms with Gasteiger partial charge in [0.2, 0.25) is 5.78 Å². The Morgan fingerprint density at radius 3 is 2.75 bits per heavy atom. The van der Waals surface area contributed by atoms with Gasteiger partial charge in [0.15, 0.2) is 0 Å². The molecule has 0 bridgehead atoms. The van der Waals surface area contributed by atoms with E-state index in [1.165, 1.54) is 0 Å². The zero-order chi connectivity index (χ0) is 14.8. The summed E-state index contributed by atoms with van der Waals surface area (Å²) >= 11 is 0. The Morgan fingerprint density at radius 1 is 1.40 bits per heavy atom. The molecule has 0 heterocycles. The molecule has 2 unspecified atom stereocenters. The van der Waals surface area contributed by atoms with E-state index in [2.05, 4.69) is 26.8 Å². The van der Waals surface area contributed by atoms with Crippen molar-refractivity contribution in [1.29, 1.82) is 0 Å². The Bertz CT molecular complexity index is 486. The van der Waals surface area contributed by atoms with Gasteiger partial charge in [0.25, 0.3) is 0 Å². The van der Waals surface area contributed by atoms with Gasteiger partial charge in [-0.3, -0.25) is 9.59 Å². The second-order valence-electron chi connectivity index (χ2n) is 6.92. The lowest BCUT2D eigenvalue weighted by Crippen LogP contribution is -2.33. The highest BCUT2D eigenvalue weighted by Crippen LogP contribution is 2.40. The molecule has 2 aliphatic carbocycles. The molecule has 1 fully saturated rings. The summed E-state index contributed by atoms with van der Waals surface area (Å²) in [4.78, 5) is 24.3. The van der Waals surface area contributed by atoms with Gasteiger partial charge < -0.3 is 0 Å². The lowest BCUT2D eigenvalue weighted by atomic mass is 9.67. The van der Waals surface area contributed by atoms with Crippen molar-refractivity contribution < 1.29 is 9.59 Å². The van der Waals surface area contributed by atoms with E-state index < -0.39 is 0 Å². The van der Waals surface area contributed by atoms with Crippen LogP contribution in [0.25, 0.3) is 0 Å². The largest absolute Gasteiger partial charge is 0.299 e. The van der Waals surface area contributed by atoms with Crippen LogP contribution in [0.5, 0.6) is 0 Å². The van der Waals surface area contributed by atoms with Crippen molar-refractivity contribution >= 4 is 11.6 Å². The molecule has 0 aliphatic heterocycles. The van der Waals surface area contributed by atoms with Crippen LogP contribution in [-0.2, 0) is 9.59 Å². The minimum absolute atomic E-state index is 0.0646. The molecule has 2 rings (SSSR count). The molecule has 0 amide bonds. The third-order valence-corrected chi connectivity index (χ3v) is 4.45. The van der Waals surface area contributed by atoms with Gasteiger partial charge in [-0.1, -0.05) is 20.8 Å². The van der Waals surface area contributed by atoms with Gasteiger partial charge in [-0.2, -0.15) is 0 Å². The number of allylic oxidation sites excluding steroid dienone is 6. The Balaban J connectivity index is 2.02. The fourth-order valence-electron chi connectivity index (χ4n) is 3.01. The van der Waals surface area contributed by atoms with Gasteiger partial charge in [0, 0.05) is 30.9 Å². The fourth-order valence-corrected chi connectivity index (χ4v) is 3.01. The molecule has 0 N–H and O–H groups in total. The van der Waals surface area contributed by atoms with Crippen LogP contribution in [0.15, 0.2) is 29.9 Å². The second-order valence-corrected chi connectivity index (χ2v) is 6.92. The van der Waals surface area contributed by atoms with Crippen LogP contribution in [-0.4, -0.2) is 11.6 Å². The fraction of sp³-hybridized carbons (Fsp3) is 0.556. The standard InChI is InChI=1S/C18H23O2/c1-18(2,3)15-9-10-16(19)14(11-15)12-17(20)13-7-5-4-6-8-13/h4-5,7-8,14-15H,9-12H2,1-3H3/q+1. The van der Waals surface area contributed by atoms with E-state index in [4.69, 9.17) is 0 Å². The van der Waals surface area contributed by atoms with Crippen LogP contribution < -0.4 is 0 Å². The quantitative estimate of drug-likeness (QED) is 0.731. The summed E-state index contributed by atoms with van der Waals surface area (Å²) in [6.07, 6.45) is 12.8. The Labute approximate surface area is 121 Å². The minimum atomic E-state index is -0.0966. The highest BCUT2D eigenvalue weighted by Gasteiger charge is 2.36. The average Bonchev–Trinajstić information content (AvgIpc) is 2.41. The molecule has 0 saturated heterocycles. The summed E-state index contributed by atoms with van der Waals surface area (Å²) in [5.74, 6) is 0.759. The van der Waals surface area contributed by atoms with Crippen LogP contribution in [0.4, 0.5) is 0 Å². The number of carbonyl (C=O) groups excluding carboxylic acids is 2. The smallest absolute Gasteiger partial charge is 0.219 e. The van der Waals surface area contributed by atoms with E-state index in [1.807, 2.05) is 6.08 Å². The van der Waals surface area contributed by atoms with E-state index in [1.54, 1.807) is 18.2 Å². The molecule has 2 aliphatic rings. The molecule has 0 aromatic carbocycles. The number of carbonyl (C=O) groups is 2. The summed E-state index contributed by atoms with van der Waals surface area (Å²) in [7, 11) is 0. The number of ketones is 2. The Hall–Kier alpha value is -1.53. The minimum Gasteiger partial charge on any atom is -0.299 e. The molecule has 106 valence electrons. The first-order valence-electron chi connectivity index (χ1n) is 7.40. The van der Waals surface area contributed by atoms with Crippen molar-refractivity contribution in [2.75, 3.05) is 0 Å². The molecule has 2 heteroatoms. The van der Waals surface area contributed by atoms with Gasteiger partial charge in [-0.25, -0.2) is 0 Å². The lowest BCUT2D eigenvalue weighted by molar-refractivity contribution is -0.130. The third-order valence-electron chi connectivity index (χ3n) is 4.45. The van der Waals surface area contributed by atoms with Gasteiger partial charge in [0.1, 0.15) is 23.5 Å². The van der Waals surface area contributed by atoms with Crippen molar-refractivity contribution in [3.8, 4) is 0 Å². The topological polar surface area (TPSA) is 34.1 Å². The summed E-state index contributed by atoms with van der Waals surface area (Å²) < 4.78 is 0. The van der Waals surface area contributed by atoms with Gasteiger partial charge in [-0.05, 0) is 24.2 Å². The first-order valence-corrected chi connectivity index (χ1v) is 7.40. The molecule has 20 heavy (non-hydrogen) atoms. The molecule has 2 nitrogen and oxygen atoms in total. The van der Waals surface area contributed by atoms with Gasteiger partial charge >= 0.3 is 0 Å². The van der Waals surface area contributed by atoms with E-state index in [0.29, 0.717) is 24.3 Å². The molecular formula is C18H23O2+. The summed E-state index contributed by atoms with van der Waals surface area (Å²) in [6, 6.07) is 0. The predicted molar refractivity (Wildman–Crippen MR) is 80.0 cm³/mol. The van der Waals surface area contributed by atoms with Crippen molar-refractivity contribution in [2.45, 2.75) is 46.5 Å². The zero-order valence-corrected chi connectivity index (χ0v) is 12.6. The van der Waals surface area contributed by atoms with Crippen LogP contribution in [0.3, 0.4) is 0 Å². The van der Waals surface area contributed by atoms with Crippen LogP contribution in [0.1, 0.15) is 46.5 Å².